The Balaban J connectivity index is 2.08. The van der Waals surface area contributed by atoms with Crippen LogP contribution in [-0.4, -0.2) is 28.9 Å². The van der Waals surface area contributed by atoms with Crippen molar-refractivity contribution in [2.75, 3.05) is 23.0 Å². The number of hydrogen-bond donors (Lipinski definition) is 0. The lowest BCUT2D eigenvalue weighted by Gasteiger charge is -2.17. The van der Waals surface area contributed by atoms with Gasteiger partial charge < -0.3 is 0 Å². The van der Waals surface area contributed by atoms with E-state index in [-0.39, 0.29) is 5.91 Å². The number of carbonyl (C=O) groups excluding carboxylic acids is 1. The number of hydrogen-bond acceptors (Lipinski definition) is 4. The molecule has 5 heteroatoms. The lowest BCUT2D eigenvalue weighted by Crippen LogP contribution is -2.32. The molecule has 0 saturated heterocycles. The van der Waals surface area contributed by atoms with Crippen LogP contribution in [0.5, 0.6) is 0 Å². The molecular weight excluding hydrogens is 288 g/mol. The van der Waals surface area contributed by atoms with Gasteiger partial charge in [0.1, 0.15) is 0 Å². The number of aromatic nitrogens is 1. The Morgan fingerprint density at radius 1 is 1.40 bits per heavy atom. The second-order valence-electron chi connectivity index (χ2n) is 5.01. The van der Waals surface area contributed by atoms with E-state index in [4.69, 9.17) is 0 Å². The molecule has 0 unspecified atom stereocenters. The van der Waals surface area contributed by atoms with Crippen molar-refractivity contribution in [3.05, 3.63) is 24.3 Å². The van der Waals surface area contributed by atoms with Gasteiger partial charge in [0, 0.05) is 6.54 Å². The fourth-order valence-corrected chi connectivity index (χ4v) is 3.82. The highest BCUT2D eigenvalue weighted by Gasteiger charge is 2.17. The van der Waals surface area contributed by atoms with E-state index in [0.717, 1.165) is 21.1 Å². The predicted molar refractivity (Wildman–Crippen MR) is 89.8 cm³/mol. The van der Waals surface area contributed by atoms with Gasteiger partial charge in [-0.2, -0.15) is 11.8 Å². The molecule has 0 saturated carbocycles. The molecular formula is C15H20N2OS2. The standard InChI is InChI=1S/C15H20N2OS2/c1-4-17(14(18)10-19-9-11(2)3)15-16-12-7-5-6-8-13(12)20-15/h5-8,11H,4,9-10H2,1-3H3. The van der Waals surface area contributed by atoms with Gasteiger partial charge in [-0.1, -0.05) is 37.3 Å². The molecule has 1 amide bonds. The van der Waals surface area contributed by atoms with E-state index in [2.05, 4.69) is 18.8 Å². The van der Waals surface area contributed by atoms with Crippen LogP contribution < -0.4 is 4.90 Å². The molecule has 0 N–H and O–H groups in total. The third kappa shape index (κ3) is 3.73. The number of para-hydroxylation sites is 1. The van der Waals surface area contributed by atoms with Crippen LogP contribution in [0.2, 0.25) is 0 Å². The van der Waals surface area contributed by atoms with Gasteiger partial charge in [-0.3, -0.25) is 9.69 Å². The molecule has 1 heterocycles. The van der Waals surface area contributed by atoms with Crippen molar-refractivity contribution in [3.63, 3.8) is 0 Å². The summed E-state index contributed by atoms with van der Waals surface area (Å²) in [5, 5.41) is 0.809. The Hall–Kier alpha value is -1.07. The van der Waals surface area contributed by atoms with Gasteiger partial charge in [0.25, 0.3) is 0 Å². The quantitative estimate of drug-likeness (QED) is 0.807. The van der Waals surface area contributed by atoms with Crippen LogP contribution in [0.1, 0.15) is 20.8 Å². The van der Waals surface area contributed by atoms with Crippen LogP contribution >= 0.6 is 23.1 Å². The van der Waals surface area contributed by atoms with Gasteiger partial charge >= 0.3 is 0 Å². The molecule has 0 atom stereocenters. The Labute approximate surface area is 128 Å². The van der Waals surface area contributed by atoms with Crippen molar-refractivity contribution >= 4 is 44.4 Å². The summed E-state index contributed by atoms with van der Waals surface area (Å²) in [6.07, 6.45) is 0. The molecule has 2 rings (SSSR count). The minimum atomic E-state index is 0.150. The van der Waals surface area contributed by atoms with E-state index < -0.39 is 0 Å². The average molecular weight is 308 g/mol. The number of carbonyl (C=O) groups is 1. The maximum atomic E-state index is 12.3. The maximum Gasteiger partial charge on any atom is 0.238 e. The Morgan fingerprint density at radius 2 is 2.15 bits per heavy atom. The molecule has 0 bridgehead atoms. The predicted octanol–water partition coefficient (Wildman–Crippen LogP) is 4.04. The second-order valence-corrected chi connectivity index (χ2v) is 7.05. The van der Waals surface area contributed by atoms with E-state index in [1.807, 2.05) is 31.2 Å². The zero-order valence-corrected chi connectivity index (χ0v) is 13.8. The maximum absolute atomic E-state index is 12.3. The van der Waals surface area contributed by atoms with E-state index in [9.17, 15) is 4.79 Å². The highest BCUT2D eigenvalue weighted by molar-refractivity contribution is 7.99. The molecule has 0 radical (unpaired) electrons. The summed E-state index contributed by atoms with van der Waals surface area (Å²) >= 11 is 3.28. The molecule has 0 spiro atoms. The highest BCUT2D eigenvalue weighted by Crippen LogP contribution is 2.28. The number of thioether (sulfide) groups is 1. The number of fused-ring (bicyclic) bond motifs is 1. The average Bonchev–Trinajstić information content (AvgIpc) is 2.82. The zero-order valence-electron chi connectivity index (χ0n) is 12.1. The summed E-state index contributed by atoms with van der Waals surface area (Å²) in [6.45, 7) is 7.00. The van der Waals surface area contributed by atoms with Gasteiger partial charge in [0.15, 0.2) is 5.13 Å². The minimum absolute atomic E-state index is 0.150. The summed E-state index contributed by atoms with van der Waals surface area (Å²) in [6, 6.07) is 8.01. The second kappa shape index (κ2) is 7.09. The van der Waals surface area contributed by atoms with Crippen LogP contribution in [0.15, 0.2) is 24.3 Å². The zero-order chi connectivity index (χ0) is 14.5. The first kappa shape index (κ1) is 15.3. The fraction of sp³-hybridized carbons (Fsp3) is 0.467. The number of nitrogens with zero attached hydrogens (tertiary/aromatic N) is 2. The summed E-state index contributed by atoms with van der Waals surface area (Å²) < 4.78 is 1.13. The molecule has 108 valence electrons. The van der Waals surface area contributed by atoms with E-state index in [1.54, 1.807) is 28.0 Å². The molecule has 0 fully saturated rings. The molecule has 3 nitrogen and oxygen atoms in total. The van der Waals surface area contributed by atoms with E-state index in [0.29, 0.717) is 18.2 Å². The summed E-state index contributed by atoms with van der Waals surface area (Å²) in [4.78, 5) is 18.7. The largest absolute Gasteiger partial charge is 0.288 e. The number of thiazole rings is 1. The first-order valence-corrected chi connectivity index (χ1v) is 8.82. The van der Waals surface area contributed by atoms with Crippen LogP contribution in [0.3, 0.4) is 0 Å². The van der Waals surface area contributed by atoms with Crippen LogP contribution in [-0.2, 0) is 4.79 Å². The molecule has 1 aromatic heterocycles. The molecule has 0 aliphatic carbocycles. The summed E-state index contributed by atoms with van der Waals surface area (Å²) in [7, 11) is 0. The monoisotopic (exact) mass is 308 g/mol. The molecule has 1 aromatic carbocycles. The number of amides is 1. The number of benzene rings is 1. The summed E-state index contributed by atoms with van der Waals surface area (Å²) in [5.41, 5.74) is 0.966. The smallest absolute Gasteiger partial charge is 0.238 e. The van der Waals surface area contributed by atoms with Crippen molar-refractivity contribution in [1.82, 2.24) is 4.98 Å². The van der Waals surface area contributed by atoms with Crippen LogP contribution in [0, 0.1) is 5.92 Å². The van der Waals surface area contributed by atoms with Crippen molar-refractivity contribution < 1.29 is 4.79 Å². The van der Waals surface area contributed by atoms with Crippen LogP contribution in [0.25, 0.3) is 10.2 Å². The van der Waals surface area contributed by atoms with Crippen molar-refractivity contribution in [1.29, 1.82) is 0 Å². The topological polar surface area (TPSA) is 33.2 Å². The lowest BCUT2D eigenvalue weighted by atomic mass is 10.3. The van der Waals surface area contributed by atoms with Gasteiger partial charge in [-0.15, -0.1) is 0 Å². The Kier molecular flexibility index (Phi) is 5.43. The fourth-order valence-electron chi connectivity index (χ4n) is 1.85. The Bertz CT molecular complexity index is 547. The highest BCUT2D eigenvalue weighted by atomic mass is 32.2. The molecule has 2 aromatic rings. The SMILES string of the molecule is CCN(C(=O)CSCC(C)C)c1nc2ccccc2s1. The van der Waals surface area contributed by atoms with Crippen molar-refractivity contribution in [2.24, 2.45) is 5.92 Å². The normalized spacial score (nSPS) is 11.2. The third-order valence-corrected chi connectivity index (χ3v) is 5.22. The first-order chi connectivity index (χ1) is 9.61. The number of anilines is 1. The van der Waals surface area contributed by atoms with Crippen LogP contribution in [0.4, 0.5) is 5.13 Å². The van der Waals surface area contributed by atoms with Gasteiger partial charge in [-0.25, -0.2) is 4.98 Å². The molecule has 20 heavy (non-hydrogen) atoms. The van der Waals surface area contributed by atoms with E-state index >= 15 is 0 Å². The van der Waals surface area contributed by atoms with Gasteiger partial charge in [-0.05, 0) is 30.7 Å². The van der Waals surface area contributed by atoms with Gasteiger partial charge in [0.05, 0.1) is 16.0 Å². The van der Waals surface area contributed by atoms with Crippen molar-refractivity contribution in [2.45, 2.75) is 20.8 Å². The Morgan fingerprint density at radius 3 is 2.80 bits per heavy atom. The number of rotatable bonds is 6. The first-order valence-electron chi connectivity index (χ1n) is 6.85. The minimum Gasteiger partial charge on any atom is -0.288 e. The molecule has 0 aliphatic rings. The lowest BCUT2D eigenvalue weighted by molar-refractivity contribution is -0.116. The summed E-state index contributed by atoms with van der Waals surface area (Å²) in [5.74, 6) is 2.31. The molecule has 0 aliphatic heterocycles. The van der Waals surface area contributed by atoms with E-state index in [1.165, 1.54) is 0 Å². The van der Waals surface area contributed by atoms with Gasteiger partial charge in [0.2, 0.25) is 5.91 Å². The van der Waals surface area contributed by atoms with Crippen molar-refractivity contribution in [3.8, 4) is 0 Å². The third-order valence-electron chi connectivity index (χ3n) is 2.81.